The molecule has 1 N–H and O–H groups in total. The van der Waals surface area contributed by atoms with E-state index in [9.17, 15) is 5.11 Å². The van der Waals surface area contributed by atoms with Gasteiger partial charge in [-0.25, -0.2) is 0 Å². The summed E-state index contributed by atoms with van der Waals surface area (Å²) in [5.41, 5.74) is 8.91. The van der Waals surface area contributed by atoms with Crippen LogP contribution in [0.1, 0.15) is 45.0 Å². The van der Waals surface area contributed by atoms with Crippen molar-refractivity contribution in [2.24, 2.45) is 0 Å². The number of ether oxygens (including phenoxy) is 4. The van der Waals surface area contributed by atoms with Crippen molar-refractivity contribution in [1.29, 1.82) is 0 Å². The molecule has 0 spiro atoms. The summed E-state index contributed by atoms with van der Waals surface area (Å²) in [6.07, 6.45) is 4.03. The molecule has 0 bridgehead atoms. The van der Waals surface area contributed by atoms with Crippen molar-refractivity contribution in [2.75, 3.05) is 27.4 Å². The first kappa shape index (κ1) is 27.3. The number of fused-ring (bicyclic) bond motifs is 8. The minimum Gasteiger partial charge on any atom is -0.497 e. The Morgan fingerprint density at radius 1 is 0.767 bits per heavy atom. The number of aliphatic hydroxyl groups excluding tert-OH is 1. The lowest BCUT2D eigenvalue weighted by Gasteiger charge is -2.38. The van der Waals surface area contributed by atoms with Gasteiger partial charge in [-0.3, -0.25) is 0 Å². The van der Waals surface area contributed by atoms with Crippen LogP contribution < -0.4 is 14.2 Å². The van der Waals surface area contributed by atoms with Gasteiger partial charge in [0.2, 0.25) is 0 Å². The van der Waals surface area contributed by atoms with Gasteiger partial charge in [0.25, 0.3) is 0 Å². The van der Waals surface area contributed by atoms with Gasteiger partial charge in [0.1, 0.15) is 23.4 Å². The topological polar surface area (TPSA) is 57.2 Å². The van der Waals surface area contributed by atoms with E-state index in [2.05, 4.69) is 86.7 Å². The van der Waals surface area contributed by atoms with E-state index < -0.39 is 5.60 Å². The third kappa shape index (κ3) is 4.31. The van der Waals surface area contributed by atoms with Crippen molar-refractivity contribution in [3.8, 4) is 28.4 Å². The van der Waals surface area contributed by atoms with Gasteiger partial charge < -0.3 is 24.1 Å². The number of aliphatic hydroxyl groups is 1. The molecule has 43 heavy (non-hydrogen) atoms. The van der Waals surface area contributed by atoms with Crippen molar-refractivity contribution in [3.63, 3.8) is 0 Å². The van der Waals surface area contributed by atoms with Gasteiger partial charge in [0.15, 0.2) is 5.60 Å². The predicted octanol–water partition coefficient (Wildman–Crippen LogP) is 7.90. The molecular formula is C38H34O5. The molecule has 1 atom stereocenters. The average Bonchev–Trinajstić information content (AvgIpc) is 3.36. The smallest absolute Gasteiger partial charge is 0.178 e. The Morgan fingerprint density at radius 3 is 2.02 bits per heavy atom. The highest BCUT2D eigenvalue weighted by Gasteiger charge is 2.42. The summed E-state index contributed by atoms with van der Waals surface area (Å²) in [6, 6.07) is 29.2. The van der Waals surface area contributed by atoms with Crippen LogP contribution in [0.5, 0.6) is 17.2 Å². The molecule has 1 aliphatic carbocycles. The van der Waals surface area contributed by atoms with E-state index in [4.69, 9.17) is 18.9 Å². The Bertz CT molecular complexity index is 1820. The van der Waals surface area contributed by atoms with E-state index in [0.29, 0.717) is 0 Å². The van der Waals surface area contributed by atoms with Crippen LogP contribution in [0.25, 0.3) is 28.0 Å². The van der Waals surface area contributed by atoms with E-state index in [1.54, 1.807) is 14.2 Å². The maximum Gasteiger partial charge on any atom is 0.178 e. The summed E-state index contributed by atoms with van der Waals surface area (Å²) < 4.78 is 24.7. The zero-order valence-electron chi connectivity index (χ0n) is 24.8. The standard InChI is InChI=1S/C38H34O5/c1-23-5-15-29-32(21-23)36-31(35-34(29)30-16-6-24(2)22-33(30)37(35)42-20-19-39)17-18-38(43-36,25-7-11-27(40-3)12-8-25)26-9-13-28(41-4)14-10-26/h5-18,21-22,37,39H,19-20H2,1-4H3. The second kappa shape index (κ2) is 10.6. The van der Waals surface area contributed by atoms with Gasteiger partial charge in [-0.15, -0.1) is 0 Å². The number of hydrogen-bond donors (Lipinski definition) is 1. The van der Waals surface area contributed by atoms with E-state index >= 15 is 0 Å². The number of hydrogen-bond acceptors (Lipinski definition) is 5. The fourth-order valence-electron chi connectivity index (χ4n) is 6.62. The summed E-state index contributed by atoms with van der Waals surface area (Å²) >= 11 is 0. The second-order valence-electron chi connectivity index (χ2n) is 11.3. The fourth-order valence-corrected chi connectivity index (χ4v) is 6.62. The molecule has 5 aromatic carbocycles. The lowest BCUT2D eigenvalue weighted by molar-refractivity contribution is 0.0520. The van der Waals surface area contributed by atoms with Crippen LogP contribution in [0.4, 0.5) is 0 Å². The summed E-state index contributed by atoms with van der Waals surface area (Å²) in [4.78, 5) is 0. The number of aryl methyl sites for hydroxylation is 2. The molecular weight excluding hydrogens is 536 g/mol. The highest BCUT2D eigenvalue weighted by atomic mass is 16.5. The highest BCUT2D eigenvalue weighted by molar-refractivity contribution is 6.08. The molecule has 0 saturated heterocycles. The lowest BCUT2D eigenvalue weighted by atomic mass is 9.81. The maximum absolute atomic E-state index is 9.73. The van der Waals surface area contributed by atoms with Crippen molar-refractivity contribution in [1.82, 2.24) is 0 Å². The van der Waals surface area contributed by atoms with Crippen LogP contribution in [0, 0.1) is 13.8 Å². The molecule has 1 heterocycles. The summed E-state index contributed by atoms with van der Waals surface area (Å²) in [7, 11) is 3.34. The van der Waals surface area contributed by atoms with Crippen LogP contribution in [0.15, 0.2) is 91.0 Å². The highest BCUT2D eigenvalue weighted by Crippen LogP contribution is 2.56. The summed E-state index contributed by atoms with van der Waals surface area (Å²) in [5, 5.41) is 11.9. The summed E-state index contributed by atoms with van der Waals surface area (Å²) in [5.74, 6) is 2.38. The Hall–Kier alpha value is -4.58. The fraction of sp³-hybridized carbons (Fsp3) is 0.211. The third-order valence-electron chi connectivity index (χ3n) is 8.68. The van der Waals surface area contributed by atoms with Crippen LogP contribution in [-0.2, 0) is 10.3 Å². The SMILES string of the molecule is COc1ccc(C2(c3ccc(OC)cc3)C=Cc3c4c(c5ccc(C)cc5c3O2)-c2ccc(C)cc2C4OCCO)cc1. The van der Waals surface area contributed by atoms with Gasteiger partial charge in [0.05, 0.1) is 27.4 Å². The second-order valence-corrected chi connectivity index (χ2v) is 11.3. The van der Waals surface area contributed by atoms with Crippen LogP contribution in [0.2, 0.25) is 0 Å². The molecule has 1 aliphatic heterocycles. The normalized spacial score (nSPS) is 15.9. The molecule has 0 saturated carbocycles. The minimum absolute atomic E-state index is 0.0493. The molecule has 0 radical (unpaired) electrons. The number of benzene rings is 5. The molecule has 2 aliphatic rings. The van der Waals surface area contributed by atoms with E-state index in [0.717, 1.165) is 67.0 Å². The molecule has 1 unspecified atom stereocenters. The van der Waals surface area contributed by atoms with Crippen molar-refractivity contribution < 1.29 is 24.1 Å². The molecule has 0 amide bonds. The molecule has 5 nitrogen and oxygen atoms in total. The quantitative estimate of drug-likeness (QED) is 0.216. The van der Waals surface area contributed by atoms with Crippen LogP contribution >= 0.6 is 0 Å². The minimum atomic E-state index is -0.903. The van der Waals surface area contributed by atoms with Crippen LogP contribution in [-0.4, -0.2) is 32.5 Å². The lowest BCUT2D eigenvalue weighted by Crippen LogP contribution is -2.34. The largest absolute Gasteiger partial charge is 0.497 e. The monoisotopic (exact) mass is 570 g/mol. The summed E-state index contributed by atoms with van der Waals surface area (Å²) in [6.45, 7) is 4.41. The molecule has 216 valence electrons. The van der Waals surface area contributed by atoms with Gasteiger partial charge >= 0.3 is 0 Å². The molecule has 0 aromatic heterocycles. The molecule has 0 fully saturated rings. The van der Waals surface area contributed by atoms with Crippen molar-refractivity contribution >= 4 is 16.8 Å². The molecule has 5 aromatic rings. The average molecular weight is 571 g/mol. The van der Waals surface area contributed by atoms with Gasteiger partial charge in [-0.1, -0.05) is 71.8 Å². The predicted molar refractivity (Wildman–Crippen MR) is 170 cm³/mol. The van der Waals surface area contributed by atoms with Gasteiger partial charge in [0, 0.05) is 27.6 Å². The van der Waals surface area contributed by atoms with Crippen molar-refractivity contribution in [3.05, 3.63) is 130 Å². The first-order valence-corrected chi connectivity index (χ1v) is 14.6. The number of rotatable bonds is 7. The zero-order valence-corrected chi connectivity index (χ0v) is 24.8. The zero-order chi connectivity index (χ0) is 29.7. The van der Waals surface area contributed by atoms with Crippen LogP contribution in [0.3, 0.4) is 0 Å². The van der Waals surface area contributed by atoms with Crippen molar-refractivity contribution in [2.45, 2.75) is 25.6 Å². The van der Waals surface area contributed by atoms with Gasteiger partial charge in [-0.2, -0.15) is 0 Å². The first-order valence-electron chi connectivity index (χ1n) is 14.6. The first-order chi connectivity index (χ1) is 21.0. The van der Waals surface area contributed by atoms with Gasteiger partial charge in [-0.05, 0) is 72.3 Å². The third-order valence-corrected chi connectivity index (χ3v) is 8.68. The van der Waals surface area contributed by atoms with E-state index in [1.165, 1.54) is 11.1 Å². The van der Waals surface area contributed by atoms with E-state index in [-0.39, 0.29) is 19.3 Å². The Balaban J connectivity index is 1.52. The molecule has 5 heteroatoms. The molecule has 7 rings (SSSR count). The van der Waals surface area contributed by atoms with E-state index in [1.807, 2.05) is 24.3 Å². The Morgan fingerprint density at radius 2 is 1.40 bits per heavy atom. The number of methoxy groups -OCH3 is 2. The Kier molecular flexibility index (Phi) is 6.72. The Labute approximate surface area is 251 Å². The maximum atomic E-state index is 9.73.